The van der Waals surface area contributed by atoms with E-state index < -0.39 is 10.0 Å². The van der Waals surface area contributed by atoms with Crippen molar-refractivity contribution in [3.05, 3.63) is 17.6 Å². The Morgan fingerprint density at radius 3 is 2.80 bits per heavy atom. The molecule has 2 heterocycles. The molecule has 1 aliphatic heterocycles. The third-order valence-electron chi connectivity index (χ3n) is 3.84. The number of aryl methyl sites for hydroxylation is 1. The predicted octanol–water partition coefficient (Wildman–Crippen LogP) is 3.67. The molecule has 114 valence electrons. The van der Waals surface area contributed by atoms with E-state index in [0.29, 0.717) is 18.1 Å². The minimum Gasteiger partial charge on any atom is -0.464 e. The van der Waals surface area contributed by atoms with Crippen LogP contribution in [0.1, 0.15) is 50.5 Å². The van der Waals surface area contributed by atoms with Crippen molar-refractivity contribution < 1.29 is 12.8 Å². The van der Waals surface area contributed by atoms with Crippen LogP contribution in [0.2, 0.25) is 0 Å². The summed E-state index contributed by atoms with van der Waals surface area (Å²) in [7, 11) is -3.47. The van der Waals surface area contributed by atoms with E-state index >= 15 is 0 Å². The van der Waals surface area contributed by atoms with Gasteiger partial charge in [-0.05, 0) is 26.2 Å². The van der Waals surface area contributed by atoms with Crippen LogP contribution in [-0.2, 0) is 15.9 Å². The Morgan fingerprint density at radius 2 is 2.20 bits per heavy atom. The zero-order chi connectivity index (χ0) is 14.8. The highest BCUT2D eigenvalue weighted by Crippen LogP contribution is 2.30. The zero-order valence-electron chi connectivity index (χ0n) is 12.1. The lowest BCUT2D eigenvalue weighted by Gasteiger charge is -2.34. The number of rotatable bonds is 5. The summed E-state index contributed by atoms with van der Waals surface area (Å²) in [6.07, 6.45) is 4.89. The smallest absolute Gasteiger partial charge is 0.246 e. The maximum Gasteiger partial charge on any atom is 0.246 e. The molecule has 0 N–H and O–H groups in total. The van der Waals surface area contributed by atoms with Gasteiger partial charge in [-0.15, -0.1) is 11.6 Å². The zero-order valence-corrected chi connectivity index (χ0v) is 13.6. The van der Waals surface area contributed by atoms with Gasteiger partial charge in [0.15, 0.2) is 0 Å². The van der Waals surface area contributed by atoms with Crippen LogP contribution in [0.4, 0.5) is 0 Å². The first kappa shape index (κ1) is 15.9. The molecule has 0 saturated carbocycles. The Kier molecular flexibility index (Phi) is 5.15. The normalized spacial score (nSPS) is 21.2. The first-order valence-corrected chi connectivity index (χ1v) is 9.15. The van der Waals surface area contributed by atoms with Gasteiger partial charge in [0.2, 0.25) is 10.0 Å². The molecule has 0 aromatic carbocycles. The molecule has 0 bridgehead atoms. The molecule has 0 aliphatic carbocycles. The Labute approximate surface area is 126 Å². The fourth-order valence-electron chi connectivity index (χ4n) is 2.88. The summed E-state index contributed by atoms with van der Waals surface area (Å²) in [5.74, 6) is 1.13. The Hall–Kier alpha value is -0.520. The summed E-state index contributed by atoms with van der Waals surface area (Å²) in [6, 6.07) is 1.68. The van der Waals surface area contributed by atoms with Crippen LogP contribution in [0.15, 0.2) is 15.4 Å². The van der Waals surface area contributed by atoms with Gasteiger partial charge in [0.1, 0.15) is 16.4 Å². The second kappa shape index (κ2) is 6.50. The van der Waals surface area contributed by atoms with Gasteiger partial charge in [-0.25, -0.2) is 8.42 Å². The number of sulfonamides is 1. The molecule has 1 fully saturated rings. The Morgan fingerprint density at radius 1 is 1.45 bits per heavy atom. The number of piperidine rings is 1. The molecule has 20 heavy (non-hydrogen) atoms. The molecule has 1 unspecified atom stereocenters. The van der Waals surface area contributed by atoms with Crippen LogP contribution in [0.25, 0.3) is 0 Å². The molecular formula is C14H22ClNO3S. The fraction of sp³-hybridized carbons (Fsp3) is 0.714. The molecule has 0 radical (unpaired) electrons. The lowest BCUT2D eigenvalue weighted by atomic mass is 10.0. The van der Waals surface area contributed by atoms with E-state index in [1.807, 2.05) is 0 Å². The van der Waals surface area contributed by atoms with Gasteiger partial charge in [-0.2, -0.15) is 4.31 Å². The van der Waals surface area contributed by atoms with Crippen LogP contribution >= 0.6 is 11.6 Å². The van der Waals surface area contributed by atoms with Crippen LogP contribution in [0.5, 0.6) is 0 Å². The second-order valence-electron chi connectivity index (χ2n) is 5.32. The largest absolute Gasteiger partial charge is 0.464 e. The molecule has 0 amide bonds. The summed E-state index contributed by atoms with van der Waals surface area (Å²) < 4.78 is 32.8. The van der Waals surface area contributed by atoms with Crippen molar-refractivity contribution in [2.45, 2.75) is 62.8 Å². The van der Waals surface area contributed by atoms with E-state index in [4.69, 9.17) is 16.0 Å². The van der Waals surface area contributed by atoms with Crippen molar-refractivity contribution in [1.29, 1.82) is 0 Å². The standard InChI is InChI=1S/C14H22ClNO3S/c1-3-6-12-7-4-5-8-16(12)20(17,18)14-9-13(10-15)19-11(14)2/h9,12H,3-8,10H2,1-2H3. The number of nitrogens with zero attached hydrogens (tertiary/aromatic N) is 1. The molecule has 4 nitrogen and oxygen atoms in total. The summed E-state index contributed by atoms with van der Waals surface area (Å²) in [5, 5.41) is 0. The molecular weight excluding hydrogens is 298 g/mol. The maximum atomic E-state index is 12.8. The van der Waals surface area contributed by atoms with Crippen molar-refractivity contribution in [1.82, 2.24) is 4.31 Å². The van der Waals surface area contributed by atoms with E-state index in [9.17, 15) is 8.42 Å². The number of hydrogen-bond donors (Lipinski definition) is 0. The summed E-state index contributed by atoms with van der Waals surface area (Å²) in [6.45, 7) is 4.38. The van der Waals surface area contributed by atoms with Crippen molar-refractivity contribution in [2.24, 2.45) is 0 Å². The van der Waals surface area contributed by atoms with Crippen LogP contribution in [0.3, 0.4) is 0 Å². The molecule has 1 aliphatic rings. The second-order valence-corrected chi connectivity index (χ2v) is 7.45. The minimum absolute atomic E-state index is 0.118. The third-order valence-corrected chi connectivity index (χ3v) is 6.16. The van der Waals surface area contributed by atoms with Gasteiger partial charge in [0.25, 0.3) is 0 Å². The van der Waals surface area contributed by atoms with E-state index in [-0.39, 0.29) is 16.8 Å². The van der Waals surface area contributed by atoms with Gasteiger partial charge in [-0.3, -0.25) is 0 Å². The maximum absolute atomic E-state index is 12.8. The quantitative estimate of drug-likeness (QED) is 0.778. The number of hydrogen-bond acceptors (Lipinski definition) is 3. The van der Waals surface area contributed by atoms with Crippen molar-refractivity contribution in [2.75, 3.05) is 6.54 Å². The van der Waals surface area contributed by atoms with Gasteiger partial charge in [-0.1, -0.05) is 19.8 Å². The van der Waals surface area contributed by atoms with Crippen molar-refractivity contribution in [3.8, 4) is 0 Å². The molecule has 0 spiro atoms. The average Bonchev–Trinajstić information content (AvgIpc) is 2.82. The number of halogens is 1. The van der Waals surface area contributed by atoms with Crippen molar-refractivity contribution in [3.63, 3.8) is 0 Å². The Balaban J connectivity index is 2.34. The summed E-state index contributed by atoms with van der Waals surface area (Å²) in [5.41, 5.74) is 0. The first-order chi connectivity index (χ1) is 9.50. The molecule has 1 saturated heterocycles. The fourth-order valence-corrected chi connectivity index (χ4v) is 4.93. The monoisotopic (exact) mass is 319 g/mol. The van der Waals surface area contributed by atoms with Crippen LogP contribution in [0, 0.1) is 6.92 Å². The lowest BCUT2D eigenvalue weighted by Crippen LogP contribution is -2.43. The third kappa shape index (κ3) is 3.05. The number of furan rings is 1. The molecule has 1 atom stereocenters. The SMILES string of the molecule is CCCC1CCCCN1S(=O)(=O)c1cc(CCl)oc1C. The van der Waals surface area contributed by atoms with Gasteiger partial charge in [0, 0.05) is 18.7 Å². The molecule has 1 aromatic heterocycles. The lowest BCUT2D eigenvalue weighted by molar-refractivity contribution is 0.239. The first-order valence-electron chi connectivity index (χ1n) is 7.17. The predicted molar refractivity (Wildman–Crippen MR) is 79.4 cm³/mol. The Bertz CT molecular complexity index is 551. The van der Waals surface area contributed by atoms with Gasteiger partial charge < -0.3 is 4.42 Å². The van der Waals surface area contributed by atoms with E-state index in [1.165, 1.54) is 0 Å². The molecule has 6 heteroatoms. The van der Waals surface area contributed by atoms with Gasteiger partial charge in [0.05, 0.1) is 5.88 Å². The summed E-state index contributed by atoms with van der Waals surface area (Å²) in [4.78, 5) is 0.274. The van der Waals surface area contributed by atoms with Crippen LogP contribution in [-0.4, -0.2) is 25.3 Å². The highest BCUT2D eigenvalue weighted by molar-refractivity contribution is 7.89. The van der Waals surface area contributed by atoms with Crippen molar-refractivity contribution >= 4 is 21.6 Å². The minimum atomic E-state index is -3.47. The van der Waals surface area contributed by atoms with E-state index in [1.54, 1.807) is 17.3 Å². The van der Waals surface area contributed by atoms with Crippen LogP contribution < -0.4 is 0 Å². The van der Waals surface area contributed by atoms with E-state index in [0.717, 1.165) is 32.1 Å². The summed E-state index contributed by atoms with van der Waals surface area (Å²) >= 11 is 5.72. The van der Waals surface area contributed by atoms with Gasteiger partial charge >= 0.3 is 0 Å². The topological polar surface area (TPSA) is 50.5 Å². The molecule has 2 rings (SSSR count). The number of alkyl halides is 1. The highest BCUT2D eigenvalue weighted by atomic mass is 35.5. The molecule has 1 aromatic rings. The highest BCUT2D eigenvalue weighted by Gasteiger charge is 2.35. The van der Waals surface area contributed by atoms with E-state index in [2.05, 4.69) is 6.92 Å². The average molecular weight is 320 g/mol.